The van der Waals surface area contributed by atoms with Crippen LogP contribution in [0, 0.1) is 17.6 Å². The van der Waals surface area contributed by atoms with E-state index < -0.39 is 29.4 Å². The zero-order chi connectivity index (χ0) is 13.3. The first-order valence-corrected chi connectivity index (χ1v) is 5.36. The number of anilines is 1. The van der Waals surface area contributed by atoms with Crippen molar-refractivity contribution in [3.8, 4) is 0 Å². The quantitative estimate of drug-likeness (QED) is 0.752. The van der Waals surface area contributed by atoms with E-state index in [-0.39, 0.29) is 18.7 Å². The first kappa shape index (κ1) is 12.5. The minimum absolute atomic E-state index is 0.00583. The van der Waals surface area contributed by atoms with Crippen molar-refractivity contribution in [3.63, 3.8) is 0 Å². The number of rotatable bonds is 2. The third-order valence-electron chi connectivity index (χ3n) is 2.86. The number of carbonyl (C=O) groups excluding carboxylic acids is 2. The lowest BCUT2D eigenvalue weighted by Gasteiger charge is -2.17. The first-order valence-electron chi connectivity index (χ1n) is 5.36. The number of hydrogen-bond acceptors (Lipinski definition) is 3. The highest BCUT2D eigenvalue weighted by molar-refractivity contribution is 5.99. The summed E-state index contributed by atoms with van der Waals surface area (Å²) < 4.78 is 31.1. The lowest BCUT2D eigenvalue weighted by molar-refractivity contribution is -0.145. The van der Waals surface area contributed by atoms with Crippen LogP contribution >= 0.6 is 0 Å². The van der Waals surface area contributed by atoms with Crippen molar-refractivity contribution in [1.82, 2.24) is 0 Å². The first-order chi connectivity index (χ1) is 8.52. The standard InChI is InChI=1S/C12H11F2NO3/c1-18-12(17)7-4-11(16)15(6-7)10-5-8(13)2-3-9(10)14/h2-3,5,7H,4,6H2,1H3. The minimum atomic E-state index is -0.699. The Morgan fingerprint density at radius 3 is 2.83 bits per heavy atom. The normalized spacial score (nSPS) is 19.2. The van der Waals surface area contributed by atoms with E-state index >= 15 is 0 Å². The molecular weight excluding hydrogens is 244 g/mol. The van der Waals surface area contributed by atoms with E-state index in [0.29, 0.717) is 0 Å². The summed E-state index contributed by atoms with van der Waals surface area (Å²) >= 11 is 0. The van der Waals surface area contributed by atoms with Gasteiger partial charge in [0.2, 0.25) is 5.91 Å². The molecule has 1 aliphatic heterocycles. The molecule has 2 rings (SSSR count). The third kappa shape index (κ3) is 2.18. The van der Waals surface area contributed by atoms with Gasteiger partial charge < -0.3 is 9.64 Å². The van der Waals surface area contributed by atoms with Gasteiger partial charge in [0.25, 0.3) is 0 Å². The molecule has 0 spiro atoms. The van der Waals surface area contributed by atoms with Gasteiger partial charge in [0, 0.05) is 19.0 Å². The van der Waals surface area contributed by atoms with Crippen LogP contribution in [-0.2, 0) is 14.3 Å². The summed E-state index contributed by atoms with van der Waals surface area (Å²) in [4.78, 5) is 24.1. The Balaban J connectivity index is 2.27. The summed E-state index contributed by atoms with van der Waals surface area (Å²) in [6.45, 7) is 0.00583. The maximum Gasteiger partial charge on any atom is 0.311 e. The van der Waals surface area contributed by atoms with Gasteiger partial charge in [-0.25, -0.2) is 8.78 Å². The number of esters is 1. The van der Waals surface area contributed by atoms with E-state index in [2.05, 4.69) is 4.74 Å². The van der Waals surface area contributed by atoms with Gasteiger partial charge in [-0.2, -0.15) is 0 Å². The average Bonchev–Trinajstić information content (AvgIpc) is 2.73. The van der Waals surface area contributed by atoms with Crippen LogP contribution in [0.3, 0.4) is 0 Å². The Bertz CT molecular complexity index is 504. The molecule has 1 unspecified atom stereocenters. The predicted molar refractivity (Wildman–Crippen MR) is 58.8 cm³/mol. The van der Waals surface area contributed by atoms with Gasteiger partial charge in [-0.1, -0.05) is 0 Å². The molecule has 1 aromatic carbocycles. The summed E-state index contributed by atoms with van der Waals surface area (Å²) in [5.74, 6) is -2.92. The van der Waals surface area contributed by atoms with E-state index in [0.717, 1.165) is 23.1 Å². The van der Waals surface area contributed by atoms with Crippen LogP contribution in [0.15, 0.2) is 18.2 Å². The van der Waals surface area contributed by atoms with Crippen molar-refractivity contribution < 1.29 is 23.1 Å². The Hall–Kier alpha value is -1.98. The summed E-state index contributed by atoms with van der Waals surface area (Å²) in [5.41, 5.74) is -0.147. The fourth-order valence-electron chi connectivity index (χ4n) is 1.96. The zero-order valence-corrected chi connectivity index (χ0v) is 9.65. The van der Waals surface area contributed by atoms with Crippen LogP contribution in [0.2, 0.25) is 0 Å². The van der Waals surface area contributed by atoms with Gasteiger partial charge in [-0.3, -0.25) is 9.59 Å². The fourth-order valence-corrected chi connectivity index (χ4v) is 1.96. The molecule has 1 atom stereocenters. The Labute approximate surface area is 102 Å². The topological polar surface area (TPSA) is 46.6 Å². The lowest BCUT2D eigenvalue weighted by atomic mass is 10.1. The van der Waals surface area contributed by atoms with Gasteiger partial charge in [-0.15, -0.1) is 0 Å². The molecule has 1 heterocycles. The van der Waals surface area contributed by atoms with Gasteiger partial charge in [-0.05, 0) is 12.1 Å². The number of nitrogens with zero attached hydrogens (tertiary/aromatic N) is 1. The van der Waals surface area contributed by atoms with E-state index in [9.17, 15) is 18.4 Å². The number of carbonyl (C=O) groups is 2. The molecule has 1 fully saturated rings. The zero-order valence-electron chi connectivity index (χ0n) is 9.65. The maximum atomic E-state index is 13.5. The summed E-state index contributed by atoms with van der Waals surface area (Å²) in [5, 5.41) is 0. The number of ether oxygens (including phenoxy) is 1. The van der Waals surface area contributed by atoms with Crippen molar-refractivity contribution in [2.24, 2.45) is 5.92 Å². The van der Waals surface area contributed by atoms with E-state index in [1.165, 1.54) is 7.11 Å². The molecular formula is C12H11F2NO3. The second kappa shape index (κ2) is 4.72. The minimum Gasteiger partial charge on any atom is -0.469 e. The van der Waals surface area contributed by atoms with Gasteiger partial charge in [0.15, 0.2) is 0 Å². The van der Waals surface area contributed by atoms with Gasteiger partial charge >= 0.3 is 5.97 Å². The van der Waals surface area contributed by atoms with E-state index in [4.69, 9.17) is 0 Å². The lowest BCUT2D eigenvalue weighted by Crippen LogP contribution is -2.27. The molecule has 0 radical (unpaired) electrons. The largest absolute Gasteiger partial charge is 0.469 e. The molecule has 1 amide bonds. The summed E-state index contributed by atoms with van der Waals surface area (Å²) in [6.07, 6.45) is -0.0529. The van der Waals surface area contributed by atoms with Crippen molar-refractivity contribution >= 4 is 17.6 Å². The second-order valence-corrected chi connectivity index (χ2v) is 4.02. The highest BCUT2D eigenvalue weighted by Gasteiger charge is 2.36. The molecule has 0 aromatic heterocycles. The third-order valence-corrected chi connectivity index (χ3v) is 2.86. The van der Waals surface area contributed by atoms with Crippen LogP contribution in [0.25, 0.3) is 0 Å². The van der Waals surface area contributed by atoms with Crippen LogP contribution in [-0.4, -0.2) is 25.5 Å². The van der Waals surface area contributed by atoms with Crippen molar-refractivity contribution in [2.75, 3.05) is 18.6 Å². The van der Waals surface area contributed by atoms with Crippen molar-refractivity contribution in [2.45, 2.75) is 6.42 Å². The molecule has 6 heteroatoms. The van der Waals surface area contributed by atoms with Crippen LogP contribution in [0.4, 0.5) is 14.5 Å². The smallest absolute Gasteiger partial charge is 0.311 e. The molecule has 4 nitrogen and oxygen atoms in total. The monoisotopic (exact) mass is 255 g/mol. The van der Waals surface area contributed by atoms with Crippen molar-refractivity contribution in [1.29, 1.82) is 0 Å². The predicted octanol–water partition coefficient (Wildman–Crippen LogP) is 1.49. The van der Waals surface area contributed by atoms with E-state index in [1.807, 2.05) is 0 Å². The molecule has 0 bridgehead atoms. The van der Waals surface area contributed by atoms with Crippen LogP contribution < -0.4 is 4.90 Å². The van der Waals surface area contributed by atoms with Crippen LogP contribution in [0.5, 0.6) is 0 Å². The summed E-state index contributed by atoms with van der Waals surface area (Å²) in [6, 6.07) is 2.85. The number of benzene rings is 1. The maximum absolute atomic E-state index is 13.5. The SMILES string of the molecule is COC(=O)C1CC(=O)N(c2cc(F)ccc2F)C1. The molecule has 1 aromatic rings. The Morgan fingerprint density at radius 2 is 2.17 bits per heavy atom. The Kier molecular flexibility index (Phi) is 3.27. The van der Waals surface area contributed by atoms with Crippen LogP contribution in [0.1, 0.15) is 6.42 Å². The molecule has 1 saturated heterocycles. The number of halogens is 2. The second-order valence-electron chi connectivity index (χ2n) is 4.02. The molecule has 0 aliphatic carbocycles. The fraction of sp³-hybridized carbons (Fsp3) is 0.333. The molecule has 0 saturated carbocycles. The number of methoxy groups -OCH3 is 1. The molecule has 0 N–H and O–H groups in total. The average molecular weight is 255 g/mol. The molecule has 96 valence electrons. The molecule has 1 aliphatic rings. The van der Waals surface area contributed by atoms with Gasteiger partial charge in [0.1, 0.15) is 11.6 Å². The molecule has 18 heavy (non-hydrogen) atoms. The number of amides is 1. The van der Waals surface area contributed by atoms with Crippen molar-refractivity contribution in [3.05, 3.63) is 29.8 Å². The highest BCUT2D eigenvalue weighted by atomic mass is 19.1. The van der Waals surface area contributed by atoms with Gasteiger partial charge in [0.05, 0.1) is 18.7 Å². The summed E-state index contributed by atoms with van der Waals surface area (Å²) in [7, 11) is 1.22. The number of hydrogen-bond donors (Lipinski definition) is 0. The highest BCUT2D eigenvalue weighted by Crippen LogP contribution is 2.28. The van der Waals surface area contributed by atoms with E-state index in [1.54, 1.807) is 0 Å². The Morgan fingerprint density at radius 1 is 1.44 bits per heavy atom.